The van der Waals surface area contributed by atoms with Crippen LogP contribution in [0.1, 0.15) is 11.5 Å². The van der Waals surface area contributed by atoms with Crippen LogP contribution in [0.3, 0.4) is 0 Å². The maximum Gasteiger partial charge on any atom is 0.309 e. The van der Waals surface area contributed by atoms with Crippen LogP contribution in [-0.4, -0.2) is 31.2 Å². The molecular formula is C10H9N3O5. The number of aliphatic carboxylic acids is 1. The zero-order chi connectivity index (χ0) is 13.1. The van der Waals surface area contributed by atoms with Gasteiger partial charge in [0.25, 0.3) is 0 Å². The number of carboxylic acids is 1. The van der Waals surface area contributed by atoms with E-state index in [2.05, 4.69) is 10.3 Å². The van der Waals surface area contributed by atoms with Crippen molar-refractivity contribution in [3.05, 3.63) is 40.2 Å². The summed E-state index contributed by atoms with van der Waals surface area (Å²) in [6.07, 6.45) is 2.16. The summed E-state index contributed by atoms with van der Waals surface area (Å²) in [5, 5.41) is 24.9. The van der Waals surface area contributed by atoms with Crippen LogP contribution in [0.25, 0.3) is 0 Å². The molecule has 0 atom stereocenters. The molecule has 0 aliphatic carbocycles. The SMILES string of the molecule is O=C(O)Cc1cn(Cc2cc(=O)c(O)co2)nn1. The van der Waals surface area contributed by atoms with Crippen molar-refractivity contribution < 1.29 is 19.4 Å². The van der Waals surface area contributed by atoms with Gasteiger partial charge in [0, 0.05) is 12.3 Å². The van der Waals surface area contributed by atoms with Crippen molar-refractivity contribution in [2.24, 2.45) is 0 Å². The summed E-state index contributed by atoms with van der Waals surface area (Å²) in [6, 6.07) is 1.13. The van der Waals surface area contributed by atoms with E-state index in [9.17, 15) is 9.59 Å². The Morgan fingerprint density at radius 3 is 2.94 bits per heavy atom. The van der Waals surface area contributed by atoms with Gasteiger partial charge in [-0.3, -0.25) is 9.59 Å². The zero-order valence-corrected chi connectivity index (χ0v) is 9.11. The molecule has 0 aliphatic heterocycles. The Morgan fingerprint density at radius 1 is 1.50 bits per heavy atom. The number of rotatable bonds is 4. The number of carboxylic acid groups (broad SMARTS) is 1. The summed E-state index contributed by atoms with van der Waals surface area (Å²) < 4.78 is 6.32. The molecule has 0 saturated heterocycles. The maximum atomic E-state index is 11.1. The summed E-state index contributed by atoms with van der Waals surface area (Å²) in [7, 11) is 0. The van der Waals surface area contributed by atoms with E-state index in [1.54, 1.807) is 0 Å². The van der Waals surface area contributed by atoms with E-state index >= 15 is 0 Å². The first-order chi connectivity index (χ1) is 8.54. The Morgan fingerprint density at radius 2 is 2.28 bits per heavy atom. The lowest BCUT2D eigenvalue weighted by atomic mass is 10.3. The fourth-order valence-electron chi connectivity index (χ4n) is 1.34. The van der Waals surface area contributed by atoms with Crippen molar-refractivity contribution in [2.75, 3.05) is 0 Å². The van der Waals surface area contributed by atoms with Gasteiger partial charge in [-0.15, -0.1) is 5.10 Å². The molecule has 2 rings (SSSR count). The van der Waals surface area contributed by atoms with Crippen LogP contribution in [0.15, 0.2) is 27.7 Å². The van der Waals surface area contributed by atoms with Gasteiger partial charge in [-0.05, 0) is 0 Å². The standard InChI is InChI=1S/C10H9N3O5/c14-8-2-7(18-5-9(8)15)4-13-3-6(11-12-13)1-10(16)17/h2-3,5,15H,1,4H2,(H,16,17). The molecule has 0 amide bonds. The predicted molar refractivity (Wildman–Crippen MR) is 57.1 cm³/mol. The van der Waals surface area contributed by atoms with Crippen molar-refractivity contribution >= 4 is 5.97 Å². The highest BCUT2D eigenvalue weighted by atomic mass is 16.4. The van der Waals surface area contributed by atoms with Crippen LogP contribution in [0, 0.1) is 0 Å². The molecule has 18 heavy (non-hydrogen) atoms. The molecule has 0 saturated carbocycles. The van der Waals surface area contributed by atoms with E-state index in [-0.39, 0.29) is 18.7 Å². The molecule has 94 valence electrons. The van der Waals surface area contributed by atoms with Crippen LogP contribution < -0.4 is 5.43 Å². The summed E-state index contributed by atoms with van der Waals surface area (Å²) in [5.74, 6) is -1.19. The third-order valence-electron chi connectivity index (χ3n) is 2.10. The zero-order valence-electron chi connectivity index (χ0n) is 9.11. The van der Waals surface area contributed by atoms with E-state index in [4.69, 9.17) is 14.6 Å². The molecule has 8 nitrogen and oxygen atoms in total. The highest BCUT2D eigenvalue weighted by Gasteiger charge is 2.07. The number of hydrogen-bond acceptors (Lipinski definition) is 6. The Labute approximate surface area is 100 Å². The van der Waals surface area contributed by atoms with Crippen molar-refractivity contribution in [3.63, 3.8) is 0 Å². The van der Waals surface area contributed by atoms with Crippen molar-refractivity contribution in [3.8, 4) is 5.75 Å². The number of aromatic hydroxyl groups is 1. The topological polar surface area (TPSA) is 118 Å². The third-order valence-corrected chi connectivity index (χ3v) is 2.10. The smallest absolute Gasteiger partial charge is 0.309 e. The lowest BCUT2D eigenvalue weighted by Gasteiger charge is -1.99. The predicted octanol–water partition coefficient (Wildman–Crippen LogP) is -0.388. The molecular weight excluding hydrogens is 242 g/mol. The van der Waals surface area contributed by atoms with Gasteiger partial charge in [0.1, 0.15) is 18.6 Å². The van der Waals surface area contributed by atoms with Gasteiger partial charge in [-0.1, -0.05) is 5.21 Å². The molecule has 2 heterocycles. The normalized spacial score (nSPS) is 10.4. The summed E-state index contributed by atoms with van der Waals surface area (Å²) in [5.41, 5.74) is -0.245. The van der Waals surface area contributed by atoms with Crippen LogP contribution in [0.5, 0.6) is 5.75 Å². The molecule has 2 aromatic heterocycles. The van der Waals surface area contributed by atoms with Gasteiger partial charge in [-0.25, -0.2) is 4.68 Å². The quantitative estimate of drug-likeness (QED) is 0.759. The second-order valence-corrected chi connectivity index (χ2v) is 3.57. The highest BCUT2D eigenvalue weighted by Crippen LogP contribution is 2.05. The van der Waals surface area contributed by atoms with Crippen molar-refractivity contribution in [1.82, 2.24) is 15.0 Å². The van der Waals surface area contributed by atoms with Crippen LogP contribution in [0.4, 0.5) is 0 Å². The Balaban J connectivity index is 2.13. The minimum absolute atomic E-state index is 0.127. The Kier molecular flexibility index (Phi) is 3.09. The van der Waals surface area contributed by atoms with Gasteiger partial charge < -0.3 is 14.6 Å². The molecule has 0 bridgehead atoms. The van der Waals surface area contributed by atoms with Crippen molar-refractivity contribution in [2.45, 2.75) is 13.0 Å². The first kappa shape index (κ1) is 11.8. The molecule has 2 aromatic rings. The van der Waals surface area contributed by atoms with Gasteiger partial charge in [0.15, 0.2) is 5.75 Å². The fourth-order valence-corrected chi connectivity index (χ4v) is 1.34. The Hall–Kier alpha value is -2.64. The molecule has 2 N–H and O–H groups in total. The monoisotopic (exact) mass is 251 g/mol. The van der Waals surface area contributed by atoms with E-state index in [0.717, 1.165) is 12.3 Å². The second-order valence-electron chi connectivity index (χ2n) is 3.57. The van der Waals surface area contributed by atoms with Crippen LogP contribution in [0.2, 0.25) is 0 Å². The third kappa shape index (κ3) is 2.73. The highest BCUT2D eigenvalue weighted by molar-refractivity contribution is 5.69. The molecule has 8 heteroatoms. The van der Waals surface area contributed by atoms with Gasteiger partial charge in [0.05, 0.1) is 12.1 Å². The fraction of sp³-hybridized carbons (Fsp3) is 0.200. The lowest BCUT2D eigenvalue weighted by Crippen LogP contribution is -2.05. The minimum atomic E-state index is -1.00. The number of aromatic nitrogens is 3. The molecule has 0 fully saturated rings. The molecule has 0 unspecified atom stereocenters. The largest absolute Gasteiger partial charge is 0.502 e. The average Bonchev–Trinajstić information content (AvgIpc) is 2.70. The van der Waals surface area contributed by atoms with Crippen LogP contribution >= 0.6 is 0 Å². The second kappa shape index (κ2) is 4.70. The molecule has 0 aromatic carbocycles. The Bertz CT molecular complexity index is 630. The van der Waals surface area contributed by atoms with Gasteiger partial charge >= 0.3 is 5.97 Å². The molecule has 0 radical (unpaired) electrons. The maximum absolute atomic E-state index is 11.1. The van der Waals surface area contributed by atoms with E-state index < -0.39 is 17.1 Å². The summed E-state index contributed by atoms with van der Waals surface area (Å²) >= 11 is 0. The number of carbonyl (C=O) groups is 1. The number of nitrogens with zero attached hydrogens (tertiary/aromatic N) is 3. The number of hydrogen-bond donors (Lipinski definition) is 2. The van der Waals surface area contributed by atoms with Crippen molar-refractivity contribution in [1.29, 1.82) is 0 Å². The van der Waals surface area contributed by atoms with Gasteiger partial charge in [-0.2, -0.15) is 0 Å². The van der Waals surface area contributed by atoms with E-state index in [1.165, 1.54) is 10.9 Å². The average molecular weight is 251 g/mol. The minimum Gasteiger partial charge on any atom is -0.502 e. The lowest BCUT2D eigenvalue weighted by molar-refractivity contribution is -0.136. The first-order valence-corrected chi connectivity index (χ1v) is 4.96. The van der Waals surface area contributed by atoms with E-state index in [1.807, 2.05) is 0 Å². The summed E-state index contributed by atoms with van der Waals surface area (Å²) in [4.78, 5) is 21.6. The van der Waals surface area contributed by atoms with Gasteiger partial charge in [0.2, 0.25) is 5.43 Å². The van der Waals surface area contributed by atoms with Crippen LogP contribution in [-0.2, 0) is 17.8 Å². The molecule has 0 aliphatic rings. The van der Waals surface area contributed by atoms with E-state index in [0.29, 0.717) is 5.69 Å². The summed E-state index contributed by atoms with van der Waals surface area (Å²) in [6.45, 7) is 0.127. The molecule has 0 spiro atoms. The first-order valence-electron chi connectivity index (χ1n) is 4.96.